The number of aromatic nitrogens is 3. The van der Waals surface area contributed by atoms with Crippen LogP contribution < -0.4 is 5.32 Å². The number of hydrogen-bond acceptors (Lipinski definition) is 5. The van der Waals surface area contributed by atoms with Crippen molar-refractivity contribution in [3.05, 3.63) is 40.8 Å². The van der Waals surface area contributed by atoms with Crippen LogP contribution in [0.3, 0.4) is 0 Å². The minimum absolute atomic E-state index is 0.234. The molecule has 4 rings (SSSR count). The van der Waals surface area contributed by atoms with Crippen molar-refractivity contribution >= 4 is 11.7 Å². The van der Waals surface area contributed by atoms with E-state index >= 15 is 0 Å². The summed E-state index contributed by atoms with van der Waals surface area (Å²) >= 11 is 0. The molecule has 1 aliphatic heterocycles. The number of rotatable bonds is 4. The lowest BCUT2D eigenvalue weighted by Gasteiger charge is -2.30. The highest BCUT2D eigenvalue weighted by Gasteiger charge is 2.30. The molecule has 0 unspecified atom stereocenters. The van der Waals surface area contributed by atoms with Crippen LogP contribution in [0.25, 0.3) is 0 Å². The average molecular weight is 364 g/mol. The Morgan fingerprint density at radius 2 is 2.19 bits per heavy atom. The number of aryl methyl sites for hydroxylation is 2. The molecule has 1 saturated carbocycles. The van der Waals surface area contributed by atoms with E-state index in [2.05, 4.69) is 27.5 Å². The fraction of sp³-hybridized carbons (Fsp3) is 0.500. The predicted octanol–water partition coefficient (Wildman–Crippen LogP) is 2.60. The molecule has 27 heavy (non-hydrogen) atoms. The van der Waals surface area contributed by atoms with E-state index < -0.39 is 0 Å². The monoisotopic (exact) mass is 364 g/mol. The first kappa shape index (κ1) is 17.5. The molecule has 2 aliphatic rings. The lowest BCUT2D eigenvalue weighted by molar-refractivity contribution is -0.138. The number of fused-ring (bicyclic) bond motifs is 1. The molecule has 1 amide bonds. The maximum atomic E-state index is 12.6. The fourth-order valence-corrected chi connectivity index (χ4v) is 3.67. The minimum atomic E-state index is 0.234. The highest BCUT2D eigenvalue weighted by atomic mass is 16.2. The van der Waals surface area contributed by atoms with E-state index in [0.717, 1.165) is 49.4 Å². The van der Waals surface area contributed by atoms with Crippen molar-refractivity contribution in [3.63, 3.8) is 0 Å². The van der Waals surface area contributed by atoms with E-state index in [1.165, 1.54) is 6.42 Å². The first-order valence-electron chi connectivity index (χ1n) is 9.60. The highest BCUT2D eigenvalue weighted by molar-refractivity contribution is 5.79. The average Bonchev–Trinajstić information content (AvgIpc) is 2.88. The third-order valence-electron chi connectivity index (χ3n) is 5.42. The maximum absolute atomic E-state index is 12.6. The minimum Gasteiger partial charge on any atom is -0.363 e. The van der Waals surface area contributed by atoms with E-state index in [0.29, 0.717) is 30.4 Å². The van der Waals surface area contributed by atoms with Crippen LogP contribution >= 0.6 is 0 Å². The summed E-state index contributed by atoms with van der Waals surface area (Å²) in [5, 5.41) is 17.1. The summed E-state index contributed by atoms with van der Waals surface area (Å²) in [6.45, 7) is 4.68. The number of pyridine rings is 1. The van der Waals surface area contributed by atoms with E-state index in [9.17, 15) is 10.1 Å². The van der Waals surface area contributed by atoms with E-state index in [-0.39, 0.29) is 5.92 Å². The standard InChI is InChI=1S/C20H24N6O/c1-14-6-7-16(11-21)19(23-14)22-12-17-10-18-13-25(8-3-9-26(18)24-17)20(27)15-4-2-5-15/h6-7,10,15H,2-5,8-9,12-13H2,1H3,(H,22,23). The first-order chi connectivity index (χ1) is 13.1. The smallest absolute Gasteiger partial charge is 0.226 e. The van der Waals surface area contributed by atoms with Crippen LogP contribution in [-0.4, -0.2) is 32.1 Å². The van der Waals surface area contributed by atoms with Gasteiger partial charge in [0.2, 0.25) is 5.91 Å². The Kier molecular flexibility index (Phi) is 4.80. The van der Waals surface area contributed by atoms with Gasteiger partial charge in [-0.25, -0.2) is 4.98 Å². The second-order valence-corrected chi connectivity index (χ2v) is 7.41. The molecule has 0 atom stereocenters. The summed E-state index contributed by atoms with van der Waals surface area (Å²) in [4.78, 5) is 19.0. The van der Waals surface area contributed by atoms with Gasteiger partial charge in [0.15, 0.2) is 0 Å². The number of carbonyl (C=O) groups is 1. The molecule has 1 aliphatic carbocycles. The second-order valence-electron chi connectivity index (χ2n) is 7.41. The van der Waals surface area contributed by atoms with Crippen molar-refractivity contribution in [2.24, 2.45) is 5.92 Å². The summed E-state index contributed by atoms with van der Waals surface area (Å²) in [5.41, 5.74) is 3.37. The molecule has 0 aromatic carbocycles. The Morgan fingerprint density at radius 1 is 1.33 bits per heavy atom. The van der Waals surface area contributed by atoms with Gasteiger partial charge in [-0.05, 0) is 44.4 Å². The van der Waals surface area contributed by atoms with Gasteiger partial charge in [-0.2, -0.15) is 10.4 Å². The van der Waals surface area contributed by atoms with Crippen LogP contribution in [0.1, 0.15) is 48.3 Å². The Labute approximate surface area is 159 Å². The van der Waals surface area contributed by atoms with Gasteiger partial charge in [0.05, 0.1) is 30.0 Å². The zero-order valence-electron chi connectivity index (χ0n) is 15.6. The number of nitrogens with one attached hydrogen (secondary N) is 1. The number of carbonyl (C=O) groups excluding carboxylic acids is 1. The topological polar surface area (TPSA) is 86.8 Å². The molecule has 7 heteroatoms. The van der Waals surface area contributed by atoms with Crippen molar-refractivity contribution in [1.29, 1.82) is 5.26 Å². The van der Waals surface area contributed by atoms with Crippen molar-refractivity contribution in [2.75, 3.05) is 11.9 Å². The van der Waals surface area contributed by atoms with Crippen molar-refractivity contribution in [2.45, 2.75) is 52.2 Å². The van der Waals surface area contributed by atoms with Gasteiger partial charge in [0, 0.05) is 24.7 Å². The lowest BCUT2D eigenvalue weighted by atomic mass is 9.84. The number of nitrogens with zero attached hydrogens (tertiary/aromatic N) is 5. The van der Waals surface area contributed by atoms with Crippen LogP contribution in [0, 0.1) is 24.2 Å². The number of nitriles is 1. The highest BCUT2D eigenvalue weighted by Crippen LogP contribution is 2.29. The molecule has 0 bridgehead atoms. The second kappa shape index (κ2) is 7.39. The zero-order valence-corrected chi connectivity index (χ0v) is 15.6. The summed E-state index contributed by atoms with van der Waals surface area (Å²) in [7, 11) is 0. The van der Waals surface area contributed by atoms with Gasteiger partial charge in [0.25, 0.3) is 0 Å². The Bertz CT molecular complexity index is 892. The molecular formula is C20H24N6O. The molecule has 0 spiro atoms. The molecule has 2 aromatic rings. The van der Waals surface area contributed by atoms with Crippen molar-refractivity contribution < 1.29 is 4.79 Å². The molecule has 0 saturated heterocycles. The lowest BCUT2D eigenvalue weighted by Crippen LogP contribution is -2.38. The van der Waals surface area contributed by atoms with Gasteiger partial charge in [-0.15, -0.1) is 0 Å². The number of hydrogen-bond donors (Lipinski definition) is 1. The molecular weight excluding hydrogens is 340 g/mol. The quantitative estimate of drug-likeness (QED) is 0.901. The van der Waals surface area contributed by atoms with Gasteiger partial charge >= 0.3 is 0 Å². The van der Waals surface area contributed by atoms with Crippen LogP contribution in [0.15, 0.2) is 18.2 Å². The molecule has 2 aromatic heterocycles. The van der Waals surface area contributed by atoms with Crippen molar-refractivity contribution in [3.8, 4) is 6.07 Å². The normalized spacial score (nSPS) is 16.8. The summed E-state index contributed by atoms with van der Waals surface area (Å²) in [6, 6.07) is 7.82. The Morgan fingerprint density at radius 3 is 2.93 bits per heavy atom. The Hall–Kier alpha value is -2.88. The molecule has 3 heterocycles. The molecule has 1 fully saturated rings. The van der Waals surface area contributed by atoms with Crippen LogP contribution in [0.4, 0.5) is 5.82 Å². The van der Waals surface area contributed by atoms with Crippen LogP contribution in [0.5, 0.6) is 0 Å². The molecule has 1 N–H and O–H groups in total. The largest absolute Gasteiger partial charge is 0.363 e. The third kappa shape index (κ3) is 3.65. The third-order valence-corrected chi connectivity index (χ3v) is 5.42. The molecule has 7 nitrogen and oxygen atoms in total. The summed E-state index contributed by atoms with van der Waals surface area (Å²) in [6.07, 6.45) is 4.18. The summed E-state index contributed by atoms with van der Waals surface area (Å²) < 4.78 is 2.01. The first-order valence-corrected chi connectivity index (χ1v) is 9.60. The van der Waals surface area contributed by atoms with E-state index in [4.69, 9.17) is 0 Å². The number of amides is 1. The SMILES string of the molecule is Cc1ccc(C#N)c(NCc2cc3n(n2)CCCN(C(=O)C2CCC2)C3)n1. The van der Waals surface area contributed by atoms with Crippen molar-refractivity contribution in [1.82, 2.24) is 19.7 Å². The summed E-state index contributed by atoms with van der Waals surface area (Å²) in [5.74, 6) is 1.12. The predicted molar refractivity (Wildman–Crippen MR) is 101 cm³/mol. The molecule has 140 valence electrons. The maximum Gasteiger partial charge on any atom is 0.226 e. The zero-order chi connectivity index (χ0) is 18.8. The van der Waals surface area contributed by atoms with Gasteiger partial charge in [0.1, 0.15) is 11.9 Å². The fourth-order valence-electron chi connectivity index (χ4n) is 3.67. The molecule has 0 radical (unpaired) electrons. The van der Waals surface area contributed by atoms with E-state index in [1.807, 2.05) is 22.6 Å². The van der Waals surface area contributed by atoms with Gasteiger partial charge < -0.3 is 10.2 Å². The number of anilines is 1. The van der Waals surface area contributed by atoms with Crippen LogP contribution in [0.2, 0.25) is 0 Å². The van der Waals surface area contributed by atoms with Gasteiger partial charge in [-0.1, -0.05) is 6.42 Å². The van der Waals surface area contributed by atoms with E-state index in [1.54, 1.807) is 6.07 Å². The van der Waals surface area contributed by atoms with Gasteiger partial charge in [-0.3, -0.25) is 9.48 Å². The van der Waals surface area contributed by atoms with Crippen LogP contribution in [-0.2, 0) is 24.4 Å². The Balaban J connectivity index is 1.45.